The van der Waals surface area contributed by atoms with Crippen molar-refractivity contribution < 1.29 is 0 Å². The zero-order chi connectivity index (χ0) is 13.1. The molecule has 1 N–H and O–H groups in total. The van der Waals surface area contributed by atoms with Crippen LogP contribution in [0.15, 0.2) is 12.4 Å². The maximum atomic E-state index is 4.62. The van der Waals surface area contributed by atoms with Gasteiger partial charge in [0.1, 0.15) is 5.69 Å². The van der Waals surface area contributed by atoms with Crippen molar-refractivity contribution in [2.24, 2.45) is 7.05 Å². The number of nitrogens with one attached hydrogen (secondary N) is 1. The van der Waals surface area contributed by atoms with Gasteiger partial charge in [0.15, 0.2) is 11.6 Å². The Balaban J connectivity index is 2.50. The predicted octanol–water partition coefficient (Wildman–Crippen LogP) is 2.32. The second-order valence-electron chi connectivity index (χ2n) is 4.38. The van der Waals surface area contributed by atoms with Crippen LogP contribution in [0.2, 0.25) is 0 Å². The first-order valence-corrected chi connectivity index (χ1v) is 6.20. The maximum absolute atomic E-state index is 4.62. The molecule has 0 unspecified atom stereocenters. The van der Waals surface area contributed by atoms with Gasteiger partial charge in [-0.15, -0.1) is 0 Å². The molecular weight excluding hydrogens is 226 g/mol. The molecule has 0 saturated heterocycles. The van der Waals surface area contributed by atoms with E-state index in [1.807, 2.05) is 31.7 Å². The summed E-state index contributed by atoms with van der Waals surface area (Å²) in [5, 5.41) is 3.32. The van der Waals surface area contributed by atoms with Gasteiger partial charge in [0, 0.05) is 26.0 Å². The predicted molar refractivity (Wildman–Crippen MR) is 72.5 cm³/mol. The van der Waals surface area contributed by atoms with E-state index in [2.05, 4.69) is 27.2 Å². The molecule has 0 fully saturated rings. The molecule has 2 rings (SSSR count). The summed E-state index contributed by atoms with van der Waals surface area (Å²) in [7, 11) is 1.96. The first-order valence-electron chi connectivity index (χ1n) is 6.20. The highest BCUT2D eigenvalue weighted by molar-refractivity contribution is 5.66. The third kappa shape index (κ3) is 2.34. The van der Waals surface area contributed by atoms with Crippen LogP contribution >= 0.6 is 0 Å². The second-order valence-corrected chi connectivity index (χ2v) is 4.38. The van der Waals surface area contributed by atoms with Gasteiger partial charge in [-0.05, 0) is 20.3 Å². The van der Waals surface area contributed by atoms with Gasteiger partial charge in [-0.3, -0.25) is 0 Å². The van der Waals surface area contributed by atoms with Gasteiger partial charge in [-0.1, -0.05) is 6.92 Å². The SMILES string of the molecule is CCCNc1nc(C)c(C)nc1-c1nccn1C. The molecule has 96 valence electrons. The number of aromatic nitrogens is 4. The van der Waals surface area contributed by atoms with Crippen LogP contribution in [0.3, 0.4) is 0 Å². The summed E-state index contributed by atoms with van der Waals surface area (Å²) in [5.74, 6) is 1.65. The Hall–Kier alpha value is -1.91. The van der Waals surface area contributed by atoms with E-state index in [1.165, 1.54) is 0 Å². The van der Waals surface area contributed by atoms with Crippen LogP contribution in [0.4, 0.5) is 5.82 Å². The summed E-state index contributed by atoms with van der Waals surface area (Å²) >= 11 is 0. The lowest BCUT2D eigenvalue weighted by atomic mass is 10.3. The minimum atomic E-state index is 0.814. The van der Waals surface area contributed by atoms with E-state index < -0.39 is 0 Å². The molecule has 0 bridgehead atoms. The van der Waals surface area contributed by atoms with E-state index in [0.717, 1.165) is 41.7 Å². The summed E-state index contributed by atoms with van der Waals surface area (Å²) in [4.78, 5) is 13.5. The van der Waals surface area contributed by atoms with Gasteiger partial charge in [0.05, 0.1) is 11.4 Å². The van der Waals surface area contributed by atoms with Crippen LogP contribution in [0.25, 0.3) is 11.5 Å². The van der Waals surface area contributed by atoms with Gasteiger partial charge in [0.2, 0.25) is 0 Å². The monoisotopic (exact) mass is 245 g/mol. The molecule has 0 spiro atoms. The Morgan fingerprint density at radius 2 is 1.94 bits per heavy atom. The van der Waals surface area contributed by atoms with E-state index in [9.17, 15) is 0 Å². The van der Waals surface area contributed by atoms with E-state index in [-0.39, 0.29) is 0 Å². The van der Waals surface area contributed by atoms with Crippen molar-refractivity contribution in [1.82, 2.24) is 19.5 Å². The van der Waals surface area contributed by atoms with Crippen LogP contribution in [0.5, 0.6) is 0 Å². The highest BCUT2D eigenvalue weighted by Gasteiger charge is 2.14. The lowest BCUT2D eigenvalue weighted by molar-refractivity contribution is 0.902. The third-order valence-corrected chi connectivity index (χ3v) is 2.88. The molecule has 2 aromatic rings. The number of rotatable bonds is 4. The van der Waals surface area contributed by atoms with E-state index >= 15 is 0 Å². The number of nitrogens with zero attached hydrogens (tertiary/aromatic N) is 4. The molecule has 5 heteroatoms. The first kappa shape index (κ1) is 12.5. The van der Waals surface area contributed by atoms with Crippen LogP contribution in [0, 0.1) is 13.8 Å². The number of imidazole rings is 1. The molecule has 2 aromatic heterocycles. The normalized spacial score (nSPS) is 10.7. The van der Waals surface area contributed by atoms with Gasteiger partial charge in [-0.25, -0.2) is 15.0 Å². The van der Waals surface area contributed by atoms with Gasteiger partial charge in [0.25, 0.3) is 0 Å². The van der Waals surface area contributed by atoms with E-state index in [4.69, 9.17) is 0 Å². The first-order chi connectivity index (χ1) is 8.63. The molecule has 0 aliphatic carbocycles. The lowest BCUT2D eigenvalue weighted by Gasteiger charge is -2.12. The van der Waals surface area contributed by atoms with Crippen molar-refractivity contribution in [2.75, 3.05) is 11.9 Å². The maximum Gasteiger partial charge on any atom is 0.162 e. The van der Waals surface area contributed by atoms with E-state index in [0.29, 0.717) is 0 Å². The van der Waals surface area contributed by atoms with Gasteiger partial charge in [-0.2, -0.15) is 0 Å². The lowest BCUT2D eigenvalue weighted by Crippen LogP contribution is -2.09. The topological polar surface area (TPSA) is 55.6 Å². The Bertz CT molecular complexity index is 544. The Labute approximate surface area is 107 Å². The quantitative estimate of drug-likeness (QED) is 0.898. The number of aryl methyl sites for hydroxylation is 3. The molecule has 0 aliphatic heterocycles. The van der Waals surface area contributed by atoms with Gasteiger partial charge < -0.3 is 9.88 Å². The van der Waals surface area contributed by atoms with Crippen LogP contribution in [-0.4, -0.2) is 26.1 Å². The fourth-order valence-corrected chi connectivity index (χ4v) is 1.72. The average Bonchev–Trinajstić information content (AvgIpc) is 2.76. The molecule has 2 heterocycles. The Morgan fingerprint density at radius 1 is 1.22 bits per heavy atom. The Kier molecular flexibility index (Phi) is 3.60. The van der Waals surface area contributed by atoms with Crippen molar-refractivity contribution in [2.45, 2.75) is 27.2 Å². The standard InChI is InChI=1S/C13H19N5/c1-5-6-14-12-11(13-15-7-8-18(13)4)16-9(2)10(3)17-12/h7-8H,5-6H2,1-4H3,(H,14,17). The smallest absolute Gasteiger partial charge is 0.162 e. The average molecular weight is 245 g/mol. The van der Waals surface area contributed by atoms with Gasteiger partial charge >= 0.3 is 0 Å². The Morgan fingerprint density at radius 3 is 2.56 bits per heavy atom. The second kappa shape index (κ2) is 5.16. The van der Waals surface area contributed by atoms with Crippen molar-refractivity contribution in [1.29, 1.82) is 0 Å². The van der Waals surface area contributed by atoms with Crippen LogP contribution < -0.4 is 5.32 Å². The number of anilines is 1. The van der Waals surface area contributed by atoms with Crippen molar-refractivity contribution in [3.05, 3.63) is 23.8 Å². The molecule has 0 atom stereocenters. The fraction of sp³-hybridized carbons (Fsp3) is 0.462. The molecule has 0 aliphatic rings. The molecule has 0 saturated carbocycles. The number of hydrogen-bond acceptors (Lipinski definition) is 4. The summed E-state index contributed by atoms with van der Waals surface area (Å²) < 4.78 is 1.95. The highest BCUT2D eigenvalue weighted by atomic mass is 15.1. The van der Waals surface area contributed by atoms with E-state index in [1.54, 1.807) is 6.20 Å². The summed E-state index contributed by atoms with van der Waals surface area (Å²) in [6, 6.07) is 0. The summed E-state index contributed by atoms with van der Waals surface area (Å²) in [6.07, 6.45) is 4.74. The largest absolute Gasteiger partial charge is 0.368 e. The minimum absolute atomic E-state index is 0.814. The molecule has 5 nitrogen and oxygen atoms in total. The zero-order valence-electron chi connectivity index (χ0n) is 11.4. The summed E-state index contributed by atoms with van der Waals surface area (Å²) in [5.41, 5.74) is 2.71. The molecule has 0 aromatic carbocycles. The summed E-state index contributed by atoms with van der Waals surface area (Å²) in [6.45, 7) is 6.95. The minimum Gasteiger partial charge on any atom is -0.368 e. The van der Waals surface area contributed by atoms with Crippen molar-refractivity contribution in [3.8, 4) is 11.5 Å². The zero-order valence-corrected chi connectivity index (χ0v) is 11.4. The van der Waals surface area contributed by atoms with Crippen LogP contribution in [0.1, 0.15) is 24.7 Å². The molecule has 18 heavy (non-hydrogen) atoms. The van der Waals surface area contributed by atoms with Crippen LogP contribution in [-0.2, 0) is 7.05 Å². The third-order valence-electron chi connectivity index (χ3n) is 2.88. The fourth-order valence-electron chi connectivity index (χ4n) is 1.72. The molecule has 0 radical (unpaired) electrons. The molecular formula is C13H19N5. The molecule has 0 amide bonds. The van der Waals surface area contributed by atoms with Crippen molar-refractivity contribution in [3.63, 3.8) is 0 Å². The number of hydrogen-bond donors (Lipinski definition) is 1. The highest BCUT2D eigenvalue weighted by Crippen LogP contribution is 2.23. The van der Waals surface area contributed by atoms with Crippen molar-refractivity contribution >= 4 is 5.82 Å².